The number of amides is 1. The zero-order valence-electron chi connectivity index (χ0n) is 9.23. The average Bonchev–Trinajstić information content (AvgIpc) is 2.70. The number of hydrogen-bond donors (Lipinski definition) is 2. The lowest BCUT2D eigenvalue weighted by Gasteiger charge is -2.07. The number of nitrogens with zero attached hydrogens (tertiary/aromatic N) is 2. The molecule has 0 aliphatic carbocycles. The minimum absolute atomic E-state index is 0.0348. The third kappa shape index (κ3) is 2.78. The van der Waals surface area contributed by atoms with Crippen LogP contribution in [0.2, 0.25) is 5.02 Å². The summed E-state index contributed by atoms with van der Waals surface area (Å²) in [5, 5.41) is 6.21. The van der Waals surface area contributed by atoms with E-state index in [-0.39, 0.29) is 17.3 Å². The van der Waals surface area contributed by atoms with E-state index < -0.39 is 11.7 Å². The number of nitrogens with one attached hydrogen (secondary N) is 1. The molecule has 3 N–H and O–H groups in total. The van der Waals surface area contributed by atoms with E-state index in [9.17, 15) is 9.18 Å². The SMILES string of the molecule is Nc1ccn(CC(=O)Nc2cccc(Cl)c2F)n1. The van der Waals surface area contributed by atoms with Gasteiger partial charge < -0.3 is 11.1 Å². The Labute approximate surface area is 107 Å². The summed E-state index contributed by atoms with van der Waals surface area (Å²) < 4.78 is 14.9. The maximum atomic E-state index is 13.5. The van der Waals surface area contributed by atoms with Gasteiger partial charge in [0.25, 0.3) is 0 Å². The number of hydrogen-bond acceptors (Lipinski definition) is 3. The van der Waals surface area contributed by atoms with Gasteiger partial charge in [-0.25, -0.2) is 4.39 Å². The second-order valence-electron chi connectivity index (χ2n) is 3.59. The highest BCUT2D eigenvalue weighted by Gasteiger charge is 2.10. The van der Waals surface area contributed by atoms with Crippen LogP contribution in [0.15, 0.2) is 30.5 Å². The molecule has 1 aromatic heterocycles. The van der Waals surface area contributed by atoms with Crippen LogP contribution >= 0.6 is 11.6 Å². The molecular formula is C11H10ClFN4O. The predicted octanol–water partition coefficient (Wildman–Crippen LogP) is 1.90. The van der Waals surface area contributed by atoms with Crippen LogP contribution in [-0.2, 0) is 11.3 Å². The standard InChI is InChI=1S/C11H10ClFN4O/c12-7-2-1-3-8(11(7)13)15-10(18)6-17-5-4-9(14)16-17/h1-5H,6H2,(H2,14,16)(H,15,18). The van der Waals surface area contributed by atoms with Gasteiger partial charge in [-0.3, -0.25) is 9.48 Å². The summed E-state index contributed by atoms with van der Waals surface area (Å²) in [6.45, 7) is -0.0524. The van der Waals surface area contributed by atoms with E-state index in [2.05, 4.69) is 10.4 Å². The van der Waals surface area contributed by atoms with E-state index >= 15 is 0 Å². The van der Waals surface area contributed by atoms with E-state index in [4.69, 9.17) is 17.3 Å². The van der Waals surface area contributed by atoms with Crippen LogP contribution in [0.1, 0.15) is 0 Å². The minimum atomic E-state index is -0.660. The van der Waals surface area contributed by atoms with Gasteiger partial charge in [-0.2, -0.15) is 5.10 Å². The Morgan fingerprint density at radius 1 is 1.50 bits per heavy atom. The highest BCUT2D eigenvalue weighted by molar-refractivity contribution is 6.31. The second-order valence-corrected chi connectivity index (χ2v) is 3.99. The predicted molar refractivity (Wildman–Crippen MR) is 66.7 cm³/mol. The van der Waals surface area contributed by atoms with Crippen molar-refractivity contribution in [1.82, 2.24) is 9.78 Å². The highest BCUT2D eigenvalue weighted by Crippen LogP contribution is 2.21. The summed E-state index contributed by atoms with van der Waals surface area (Å²) in [5.41, 5.74) is 5.44. The van der Waals surface area contributed by atoms with Crippen LogP contribution in [0.25, 0.3) is 0 Å². The maximum Gasteiger partial charge on any atom is 0.246 e. The summed E-state index contributed by atoms with van der Waals surface area (Å²) in [4.78, 5) is 11.6. The molecule has 0 atom stereocenters. The van der Waals surface area contributed by atoms with Crippen molar-refractivity contribution in [2.75, 3.05) is 11.1 Å². The first kappa shape index (κ1) is 12.4. The van der Waals surface area contributed by atoms with Crippen molar-refractivity contribution in [2.24, 2.45) is 0 Å². The van der Waals surface area contributed by atoms with Gasteiger partial charge in [0.05, 0.1) is 10.7 Å². The average molecular weight is 269 g/mol. The number of aromatic nitrogens is 2. The molecule has 2 rings (SSSR count). The van der Waals surface area contributed by atoms with Gasteiger partial charge in [-0.05, 0) is 18.2 Å². The largest absolute Gasteiger partial charge is 0.382 e. The van der Waals surface area contributed by atoms with Gasteiger partial charge in [0.2, 0.25) is 5.91 Å². The Balaban J connectivity index is 2.05. The van der Waals surface area contributed by atoms with E-state index in [1.807, 2.05) is 0 Å². The van der Waals surface area contributed by atoms with Crippen LogP contribution in [0.4, 0.5) is 15.9 Å². The van der Waals surface area contributed by atoms with Gasteiger partial charge in [0, 0.05) is 6.20 Å². The van der Waals surface area contributed by atoms with Gasteiger partial charge in [-0.1, -0.05) is 17.7 Å². The normalized spacial score (nSPS) is 10.3. The van der Waals surface area contributed by atoms with Crippen LogP contribution in [0, 0.1) is 5.82 Å². The lowest BCUT2D eigenvalue weighted by molar-refractivity contribution is -0.116. The molecule has 0 spiro atoms. The molecule has 0 unspecified atom stereocenters. The van der Waals surface area contributed by atoms with Gasteiger partial charge in [0.1, 0.15) is 12.4 Å². The van der Waals surface area contributed by atoms with Gasteiger partial charge in [-0.15, -0.1) is 0 Å². The van der Waals surface area contributed by atoms with Crippen molar-refractivity contribution in [1.29, 1.82) is 0 Å². The fourth-order valence-electron chi connectivity index (χ4n) is 1.40. The molecule has 5 nitrogen and oxygen atoms in total. The Morgan fingerprint density at radius 2 is 2.28 bits per heavy atom. The molecule has 7 heteroatoms. The van der Waals surface area contributed by atoms with E-state index in [0.717, 1.165) is 0 Å². The number of anilines is 2. The zero-order chi connectivity index (χ0) is 13.1. The molecule has 0 saturated carbocycles. The van der Waals surface area contributed by atoms with E-state index in [1.165, 1.54) is 16.8 Å². The first-order valence-corrected chi connectivity index (χ1v) is 5.47. The van der Waals surface area contributed by atoms with Crippen molar-refractivity contribution < 1.29 is 9.18 Å². The van der Waals surface area contributed by atoms with Crippen LogP contribution < -0.4 is 11.1 Å². The third-order valence-corrected chi connectivity index (χ3v) is 2.48. The molecule has 0 saturated heterocycles. The number of benzene rings is 1. The van der Waals surface area contributed by atoms with Crippen molar-refractivity contribution in [2.45, 2.75) is 6.54 Å². The molecule has 1 amide bonds. The Morgan fingerprint density at radius 3 is 2.94 bits per heavy atom. The van der Waals surface area contributed by atoms with Crippen LogP contribution in [0.5, 0.6) is 0 Å². The molecule has 18 heavy (non-hydrogen) atoms. The number of nitrogens with two attached hydrogens (primary N) is 1. The van der Waals surface area contributed by atoms with E-state index in [0.29, 0.717) is 5.82 Å². The smallest absolute Gasteiger partial charge is 0.246 e. The lowest BCUT2D eigenvalue weighted by Crippen LogP contribution is -2.19. The van der Waals surface area contributed by atoms with Crippen molar-refractivity contribution >= 4 is 29.0 Å². The Hall–Kier alpha value is -2.08. The number of halogens is 2. The Kier molecular flexibility index (Phi) is 3.47. The summed E-state index contributed by atoms with van der Waals surface area (Å²) in [6, 6.07) is 5.94. The fraction of sp³-hybridized carbons (Fsp3) is 0.0909. The second kappa shape index (κ2) is 5.05. The van der Waals surface area contributed by atoms with Crippen molar-refractivity contribution in [3.63, 3.8) is 0 Å². The summed E-state index contributed by atoms with van der Waals surface area (Å²) in [7, 11) is 0. The van der Waals surface area contributed by atoms with Gasteiger partial charge in [0.15, 0.2) is 5.82 Å². The third-order valence-electron chi connectivity index (χ3n) is 2.19. The first-order chi connectivity index (χ1) is 8.56. The number of nitrogen functional groups attached to an aromatic ring is 1. The number of carbonyl (C=O) groups excluding carboxylic acids is 1. The van der Waals surface area contributed by atoms with Crippen LogP contribution in [0.3, 0.4) is 0 Å². The molecule has 0 aliphatic rings. The van der Waals surface area contributed by atoms with Crippen molar-refractivity contribution in [3.05, 3.63) is 41.3 Å². The van der Waals surface area contributed by atoms with Gasteiger partial charge >= 0.3 is 0 Å². The first-order valence-electron chi connectivity index (χ1n) is 5.09. The molecule has 94 valence electrons. The van der Waals surface area contributed by atoms with Crippen molar-refractivity contribution in [3.8, 4) is 0 Å². The molecule has 0 aliphatic heterocycles. The maximum absolute atomic E-state index is 13.5. The highest BCUT2D eigenvalue weighted by atomic mass is 35.5. The molecular weight excluding hydrogens is 259 g/mol. The zero-order valence-corrected chi connectivity index (χ0v) is 9.99. The molecule has 0 bridgehead atoms. The molecule has 0 fully saturated rings. The molecule has 0 radical (unpaired) electrons. The lowest BCUT2D eigenvalue weighted by atomic mass is 10.3. The molecule has 1 heterocycles. The minimum Gasteiger partial charge on any atom is -0.382 e. The van der Waals surface area contributed by atoms with E-state index in [1.54, 1.807) is 18.3 Å². The molecule has 2 aromatic rings. The number of rotatable bonds is 3. The number of carbonyl (C=O) groups is 1. The monoisotopic (exact) mass is 268 g/mol. The Bertz CT molecular complexity index is 584. The summed E-state index contributed by atoms with van der Waals surface area (Å²) >= 11 is 5.60. The van der Waals surface area contributed by atoms with Crippen LogP contribution in [-0.4, -0.2) is 15.7 Å². The summed E-state index contributed by atoms with van der Waals surface area (Å²) in [5.74, 6) is -0.761. The quantitative estimate of drug-likeness (QED) is 0.893. The fourth-order valence-corrected chi connectivity index (χ4v) is 1.58. The topological polar surface area (TPSA) is 72.9 Å². The molecule has 1 aromatic carbocycles. The summed E-state index contributed by atoms with van der Waals surface area (Å²) in [6.07, 6.45) is 1.56.